The van der Waals surface area contributed by atoms with E-state index in [0.717, 1.165) is 0 Å². The maximum atomic E-state index is 10.8. The molecule has 1 aromatic carbocycles. The van der Waals surface area contributed by atoms with E-state index in [-0.39, 0.29) is 5.75 Å². The van der Waals surface area contributed by atoms with Gasteiger partial charge in [0.05, 0.1) is 5.02 Å². The average molecular weight is 249 g/mol. The molecule has 0 amide bonds. The van der Waals surface area contributed by atoms with E-state index in [1.54, 1.807) is 12.1 Å². The predicted octanol–water partition coefficient (Wildman–Crippen LogP) is 3.24. The number of halogens is 2. The van der Waals surface area contributed by atoms with Crippen molar-refractivity contribution in [2.45, 2.75) is 19.4 Å². The first-order chi connectivity index (χ1) is 6.83. The fraction of sp³-hybridized carbons (Fsp3) is 0.300. The molecule has 82 valence electrons. The molecule has 0 aliphatic rings. The minimum Gasteiger partial charge on any atom is -0.478 e. The molecule has 0 atom stereocenters. The van der Waals surface area contributed by atoms with Crippen molar-refractivity contribution in [3.8, 4) is 5.75 Å². The van der Waals surface area contributed by atoms with E-state index in [4.69, 9.17) is 33.0 Å². The summed E-state index contributed by atoms with van der Waals surface area (Å²) >= 11 is 11.6. The van der Waals surface area contributed by atoms with E-state index in [2.05, 4.69) is 0 Å². The van der Waals surface area contributed by atoms with Crippen LogP contribution in [-0.2, 0) is 4.79 Å². The molecule has 0 aromatic heterocycles. The van der Waals surface area contributed by atoms with E-state index in [0.29, 0.717) is 10.0 Å². The van der Waals surface area contributed by atoms with Gasteiger partial charge in [0.15, 0.2) is 5.60 Å². The van der Waals surface area contributed by atoms with Gasteiger partial charge in [-0.3, -0.25) is 0 Å². The molecule has 0 heterocycles. The fourth-order valence-corrected chi connectivity index (χ4v) is 1.19. The van der Waals surface area contributed by atoms with Crippen LogP contribution in [0.25, 0.3) is 0 Å². The number of ether oxygens (including phenoxy) is 1. The summed E-state index contributed by atoms with van der Waals surface area (Å²) in [5.41, 5.74) is -1.34. The lowest BCUT2D eigenvalue weighted by Crippen LogP contribution is -2.37. The normalized spacial score (nSPS) is 11.2. The molecule has 0 radical (unpaired) electrons. The van der Waals surface area contributed by atoms with Gasteiger partial charge in [0.2, 0.25) is 0 Å². The molecular weight excluding hydrogens is 239 g/mol. The Morgan fingerprint density at radius 2 is 2.00 bits per heavy atom. The number of carboxylic acids is 1. The van der Waals surface area contributed by atoms with Crippen LogP contribution in [0.4, 0.5) is 0 Å². The van der Waals surface area contributed by atoms with E-state index in [1.807, 2.05) is 0 Å². The van der Waals surface area contributed by atoms with Gasteiger partial charge in [-0.05, 0) is 26.0 Å². The third kappa shape index (κ3) is 3.01. The van der Waals surface area contributed by atoms with Crippen LogP contribution >= 0.6 is 23.2 Å². The molecule has 0 fully saturated rings. The second-order valence-electron chi connectivity index (χ2n) is 3.49. The number of carboxylic acid groups (broad SMARTS) is 1. The number of aliphatic carboxylic acids is 1. The second kappa shape index (κ2) is 4.29. The number of hydrogen-bond donors (Lipinski definition) is 1. The van der Waals surface area contributed by atoms with Crippen LogP contribution in [0.1, 0.15) is 13.8 Å². The first-order valence-corrected chi connectivity index (χ1v) is 4.96. The molecule has 0 bridgehead atoms. The standard InChI is InChI=1S/C10H10Cl2O3/c1-10(2,9(13)14)15-8-5-6(11)3-4-7(8)12/h3-5H,1-2H3,(H,13,14). The Morgan fingerprint density at radius 1 is 1.40 bits per heavy atom. The van der Waals surface area contributed by atoms with E-state index in [1.165, 1.54) is 19.9 Å². The Morgan fingerprint density at radius 3 is 2.53 bits per heavy atom. The van der Waals surface area contributed by atoms with Gasteiger partial charge in [-0.15, -0.1) is 0 Å². The van der Waals surface area contributed by atoms with Crippen molar-refractivity contribution in [2.75, 3.05) is 0 Å². The number of rotatable bonds is 3. The molecule has 15 heavy (non-hydrogen) atoms. The monoisotopic (exact) mass is 248 g/mol. The summed E-state index contributed by atoms with van der Waals surface area (Å²) in [6.45, 7) is 2.87. The molecule has 0 spiro atoms. The average Bonchev–Trinajstić information content (AvgIpc) is 2.10. The van der Waals surface area contributed by atoms with Crippen LogP contribution in [0.5, 0.6) is 5.75 Å². The van der Waals surface area contributed by atoms with Crippen molar-refractivity contribution in [1.29, 1.82) is 0 Å². The number of hydrogen-bond acceptors (Lipinski definition) is 2. The fourth-order valence-electron chi connectivity index (χ4n) is 0.874. The molecular formula is C10H10Cl2O3. The Hall–Kier alpha value is -0.930. The lowest BCUT2D eigenvalue weighted by atomic mass is 10.1. The molecule has 0 aliphatic carbocycles. The van der Waals surface area contributed by atoms with Crippen LogP contribution < -0.4 is 4.74 Å². The highest BCUT2D eigenvalue weighted by Gasteiger charge is 2.30. The van der Waals surface area contributed by atoms with E-state index >= 15 is 0 Å². The zero-order valence-corrected chi connectivity index (χ0v) is 9.76. The maximum absolute atomic E-state index is 10.8. The Bertz CT molecular complexity index is 388. The maximum Gasteiger partial charge on any atom is 0.347 e. The first-order valence-electron chi connectivity index (χ1n) is 4.20. The highest BCUT2D eigenvalue weighted by atomic mass is 35.5. The highest BCUT2D eigenvalue weighted by molar-refractivity contribution is 6.34. The van der Waals surface area contributed by atoms with Crippen molar-refractivity contribution in [3.05, 3.63) is 28.2 Å². The third-order valence-electron chi connectivity index (χ3n) is 1.77. The smallest absolute Gasteiger partial charge is 0.347 e. The first kappa shape index (κ1) is 12.1. The quantitative estimate of drug-likeness (QED) is 0.894. The predicted molar refractivity (Wildman–Crippen MR) is 58.8 cm³/mol. The summed E-state index contributed by atoms with van der Waals surface area (Å²) in [7, 11) is 0. The van der Waals surface area contributed by atoms with Gasteiger partial charge in [-0.25, -0.2) is 4.79 Å². The molecule has 1 aromatic rings. The zero-order chi connectivity index (χ0) is 11.6. The topological polar surface area (TPSA) is 46.5 Å². The van der Waals surface area contributed by atoms with Crippen molar-refractivity contribution in [2.24, 2.45) is 0 Å². The van der Waals surface area contributed by atoms with Gasteiger partial charge in [0, 0.05) is 11.1 Å². The van der Waals surface area contributed by atoms with Crippen molar-refractivity contribution in [1.82, 2.24) is 0 Å². The number of benzene rings is 1. The highest BCUT2D eigenvalue weighted by Crippen LogP contribution is 2.30. The van der Waals surface area contributed by atoms with E-state index < -0.39 is 11.6 Å². The zero-order valence-electron chi connectivity index (χ0n) is 8.25. The molecule has 5 heteroatoms. The summed E-state index contributed by atoms with van der Waals surface area (Å²) in [6.07, 6.45) is 0. The second-order valence-corrected chi connectivity index (χ2v) is 4.34. The minimum absolute atomic E-state index is 0.261. The Kier molecular flexibility index (Phi) is 3.47. The van der Waals surface area contributed by atoms with Crippen LogP contribution in [0.2, 0.25) is 10.0 Å². The lowest BCUT2D eigenvalue weighted by Gasteiger charge is -2.22. The Balaban J connectivity index is 2.99. The summed E-state index contributed by atoms with van der Waals surface area (Å²) in [6, 6.07) is 4.64. The summed E-state index contributed by atoms with van der Waals surface area (Å²) in [4.78, 5) is 10.8. The molecule has 0 aliphatic heterocycles. The Labute approximate surface area is 97.6 Å². The van der Waals surface area contributed by atoms with Crippen LogP contribution in [0, 0.1) is 0 Å². The van der Waals surface area contributed by atoms with Gasteiger partial charge in [-0.1, -0.05) is 23.2 Å². The van der Waals surface area contributed by atoms with Crippen LogP contribution in [0.3, 0.4) is 0 Å². The summed E-state index contributed by atoms with van der Waals surface area (Å²) in [5.74, 6) is -0.810. The molecule has 1 N–H and O–H groups in total. The van der Waals surface area contributed by atoms with Crippen LogP contribution in [0.15, 0.2) is 18.2 Å². The largest absolute Gasteiger partial charge is 0.478 e. The van der Waals surface area contributed by atoms with Gasteiger partial charge in [-0.2, -0.15) is 0 Å². The summed E-state index contributed by atoms with van der Waals surface area (Å²) in [5, 5.41) is 9.63. The van der Waals surface area contributed by atoms with E-state index in [9.17, 15) is 4.79 Å². The molecule has 0 saturated heterocycles. The molecule has 1 rings (SSSR count). The van der Waals surface area contributed by atoms with Crippen molar-refractivity contribution < 1.29 is 14.6 Å². The number of carbonyl (C=O) groups is 1. The molecule has 3 nitrogen and oxygen atoms in total. The van der Waals surface area contributed by atoms with Crippen molar-refractivity contribution in [3.63, 3.8) is 0 Å². The van der Waals surface area contributed by atoms with Crippen LogP contribution in [-0.4, -0.2) is 16.7 Å². The van der Waals surface area contributed by atoms with Gasteiger partial charge in [0.25, 0.3) is 0 Å². The van der Waals surface area contributed by atoms with Gasteiger partial charge < -0.3 is 9.84 Å². The minimum atomic E-state index is -1.34. The van der Waals surface area contributed by atoms with Gasteiger partial charge in [0.1, 0.15) is 5.75 Å². The summed E-state index contributed by atoms with van der Waals surface area (Å²) < 4.78 is 5.26. The SMILES string of the molecule is CC(C)(Oc1cc(Cl)ccc1Cl)C(=O)O. The van der Waals surface area contributed by atoms with Gasteiger partial charge >= 0.3 is 5.97 Å². The third-order valence-corrected chi connectivity index (χ3v) is 2.32. The van der Waals surface area contributed by atoms with Crippen molar-refractivity contribution >= 4 is 29.2 Å². The molecule has 0 unspecified atom stereocenters. The molecule has 0 saturated carbocycles. The lowest BCUT2D eigenvalue weighted by molar-refractivity contribution is -0.152.